The minimum atomic E-state index is -3.84. The van der Waals surface area contributed by atoms with Crippen LogP contribution in [-0.2, 0) is 16.6 Å². The van der Waals surface area contributed by atoms with Gasteiger partial charge >= 0.3 is 0 Å². The lowest BCUT2D eigenvalue weighted by Crippen LogP contribution is -2.12. The molecular weight excluding hydrogens is 378 g/mol. The molecular formula is C20H17N3O2S2. The average molecular weight is 396 g/mol. The highest BCUT2D eigenvalue weighted by atomic mass is 32.2. The Hall–Kier alpha value is -2.79. The number of nitrogens with two attached hydrogens (primary N) is 1. The van der Waals surface area contributed by atoms with E-state index in [0.717, 1.165) is 15.4 Å². The number of nitrogens with zero attached hydrogens (tertiary/aromatic N) is 1. The third-order valence-electron chi connectivity index (χ3n) is 3.85. The fourth-order valence-electron chi connectivity index (χ4n) is 2.50. The van der Waals surface area contributed by atoms with Crippen molar-refractivity contribution in [2.24, 2.45) is 5.14 Å². The van der Waals surface area contributed by atoms with E-state index >= 15 is 0 Å². The lowest BCUT2D eigenvalue weighted by molar-refractivity contribution is 0.598. The van der Waals surface area contributed by atoms with Crippen molar-refractivity contribution in [3.63, 3.8) is 0 Å². The van der Waals surface area contributed by atoms with Crippen molar-refractivity contribution in [3.05, 3.63) is 83.9 Å². The van der Waals surface area contributed by atoms with Crippen molar-refractivity contribution in [1.82, 2.24) is 0 Å². The van der Waals surface area contributed by atoms with Crippen LogP contribution in [-0.4, -0.2) is 8.42 Å². The summed E-state index contributed by atoms with van der Waals surface area (Å²) in [5.41, 5.74) is 1.87. The number of hydrogen-bond acceptors (Lipinski definition) is 5. The molecule has 0 spiro atoms. The van der Waals surface area contributed by atoms with E-state index in [4.69, 9.17) is 5.14 Å². The molecule has 0 saturated carbocycles. The number of nitrogens with one attached hydrogen (secondary N) is 1. The standard InChI is InChI=1S/C20H17N3O2S2/c21-13-16-12-18(27(22,24)25)10-11-19(16)23-14-15-6-4-5-9-20(15)26-17-7-2-1-3-8-17/h1-12,23H,14H2,(H2,22,24,25). The Morgan fingerprint density at radius 2 is 1.70 bits per heavy atom. The first-order valence-corrected chi connectivity index (χ1v) is 10.5. The molecule has 0 radical (unpaired) electrons. The van der Waals surface area contributed by atoms with Crippen LogP contribution in [0.5, 0.6) is 0 Å². The maximum absolute atomic E-state index is 11.5. The summed E-state index contributed by atoms with van der Waals surface area (Å²) < 4.78 is 22.9. The number of anilines is 1. The van der Waals surface area contributed by atoms with E-state index in [2.05, 4.69) is 17.4 Å². The third kappa shape index (κ3) is 4.89. The number of primary sulfonamides is 1. The summed E-state index contributed by atoms with van der Waals surface area (Å²) in [7, 11) is -3.84. The second-order valence-corrected chi connectivity index (χ2v) is 8.42. The van der Waals surface area contributed by atoms with Gasteiger partial charge in [0.25, 0.3) is 0 Å². The van der Waals surface area contributed by atoms with E-state index in [1.54, 1.807) is 17.8 Å². The van der Waals surface area contributed by atoms with Gasteiger partial charge < -0.3 is 5.32 Å². The van der Waals surface area contributed by atoms with Gasteiger partial charge in [-0.05, 0) is 42.0 Å². The first-order chi connectivity index (χ1) is 13.0. The van der Waals surface area contributed by atoms with E-state index < -0.39 is 10.0 Å². The topological polar surface area (TPSA) is 96.0 Å². The van der Waals surface area contributed by atoms with Crippen LogP contribution in [0.4, 0.5) is 5.69 Å². The molecule has 3 aromatic rings. The summed E-state index contributed by atoms with van der Waals surface area (Å²) in [6.45, 7) is 0.499. The Kier molecular flexibility index (Phi) is 5.81. The molecule has 7 heteroatoms. The van der Waals surface area contributed by atoms with Crippen LogP contribution in [0.3, 0.4) is 0 Å². The molecule has 0 aromatic heterocycles. The van der Waals surface area contributed by atoms with Gasteiger partial charge in [-0.1, -0.05) is 48.2 Å². The Bertz CT molecular complexity index is 1090. The quantitative estimate of drug-likeness (QED) is 0.658. The molecule has 0 fully saturated rings. The van der Waals surface area contributed by atoms with E-state index in [1.807, 2.05) is 48.5 Å². The van der Waals surface area contributed by atoms with E-state index in [9.17, 15) is 13.7 Å². The highest BCUT2D eigenvalue weighted by Gasteiger charge is 2.12. The van der Waals surface area contributed by atoms with Crippen molar-refractivity contribution in [2.45, 2.75) is 21.2 Å². The second-order valence-electron chi connectivity index (χ2n) is 5.74. The minimum Gasteiger partial charge on any atom is -0.380 e. The average Bonchev–Trinajstić information content (AvgIpc) is 2.67. The lowest BCUT2D eigenvalue weighted by atomic mass is 10.1. The third-order valence-corrected chi connectivity index (χ3v) is 5.89. The molecule has 0 unspecified atom stereocenters. The monoisotopic (exact) mass is 395 g/mol. The van der Waals surface area contributed by atoms with E-state index in [1.165, 1.54) is 12.1 Å². The molecule has 0 aliphatic carbocycles. The Balaban J connectivity index is 1.81. The lowest BCUT2D eigenvalue weighted by Gasteiger charge is -2.13. The number of rotatable bonds is 6. The number of hydrogen-bond donors (Lipinski definition) is 2. The van der Waals surface area contributed by atoms with Gasteiger partial charge in [0.15, 0.2) is 0 Å². The summed E-state index contributed by atoms with van der Waals surface area (Å²) >= 11 is 1.66. The first kappa shape index (κ1) is 19.0. The number of sulfonamides is 1. The van der Waals surface area contributed by atoms with Crippen LogP contribution in [0.1, 0.15) is 11.1 Å². The highest BCUT2D eigenvalue weighted by Crippen LogP contribution is 2.31. The van der Waals surface area contributed by atoms with Crippen LogP contribution < -0.4 is 10.5 Å². The van der Waals surface area contributed by atoms with Gasteiger partial charge in [0.1, 0.15) is 6.07 Å². The predicted octanol–water partition coefficient (Wildman–Crippen LogP) is 3.97. The van der Waals surface area contributed by atoms with Crippen LogP contribution in [0.2, 0.25) is 0 Å². The van der Waals surface area contributed by atoms with Gasteiger partial charge in [-0.25, -0.2) is 13.6 Å². The maximum Gasteiger partial charge on any atom is 0.238 e. The number of benzene rings is 3. The van der Waals surface area contributed by atoms with Gasteiger partial charge in [0, 0.05) is 16.3 Å². The fraction of sp³-hybridized carbons (Fsp3) is 0.0500. The summed E-state index contributed by atoms with van der Waals surface area (Å²) in [6.07, 6.45) is 0. The van der Waals surface area contributed by atoms with Gasteiger partial charge in [-0.3, -0.25) is 0 Å². The van der Waals surface area contributed by atoms with Crippen molar-refractivity contribution in [2.75, 3.05) is 5.32 Å². The van der Waals surface area contributed by atoms with Gasteiger partial charge in [0.05, 0.1) is 16.1 Å². The van der Waals surface area contributed by atoms with Crippen LogP contribution >= 0.6 is 11.8 Å². The van der Waals surface area contributed by atoms with Crippen molar-refractivity contribution >= 4 is 27.5 Å². The predicted molar refractivity (Wildman–Crippen MR) is 107 cm³/mol. The summed E-state index contributed by atoms with van der Waals surface area (Å²) in [5.74, 6) is 0. The van der Waals surface area contributed by atoms with Crippen molar-refractivity contribution < 1.29 is 8.42 Å². The first-order valence-electron chi connectivity index (χ1n) is 8.09. The van der Waals surface area contributed by atoms with Gasteiger partial charge in [0.2, 0.25) is 10.0 Å². The summed E-state index contributed by atoms with van der Waals surface area (Å²) in [4.78, 5) is 2.17. The molecule has 0 aliphatic heterocycles. The summed E-state index contributed by atoms with van der Waals surface area (Å²) in [6, 6.07) is 24.3. The Morgan fingerprint density at radius 3 is 2.41 bits per heavy atom. The molecule has 136 valence electrons. The fourth-order valence-corrected chi connectivity index (χ4v) is 4.01. The molecule has 0 bridgehead atoms. The van der Waals surface area contributed by atoms with Crippen molar-refractivity contribution in [3.8, 4) is 6.07 Å². The molecule has 3 rings (SSSR count). The highest BCUT2D eigenvalue weighted by molar-refractivity contribution is 7.99. The molecule has 3 N–H and O–H groups in total. The van der Waals surface area contributed by atoms with Gasteiger partial charge in [-0.2, -0.15) is 5.26 Å². The number of nitriles is 1. The molecule has 27 heavy (non-hydrogen) atoms. The molecule has 0 aliphatic rings. The van der Waals surface area contributed by atoms with E-state index in [-0.39, 0.29) is 10.5 Å². The normalized spacial score (nSPS) is 11.0. The Morgan fingerprint density at radius 1 is 1.00 bits per heavy atom. The summed E-state index contributed by atoms with van der Waals surface area (Å²) in [5, 5.41) is 17.7. The van der Waals surface area contributed by atoms with E-state index in [0.29, 0.717) is 12.2 Å². The zero-order chi connectivity index (χ0) is 19.3. The minimum absolute atomic E-state index is 0.0790. The maximum atomic E-state index is 11.5. The molecule has 0 saturated heterocycles. The van der Waals surface area contributed by atoms with Gasteiger partial charge in [-0.15, -0.1) is 0 Å². The molecule has 0 heterocycles. The largest absolute Gasteiger partial charge is 0.380 e. The van der Waals surface area contributed by atoms with Crippen LogP contribution in [0.15, 0.2) is 87.5 Å². The molecule has 5 nitrogen and oxygen atoms in total. The zero-order valence-electron chi connectivity index (χ0n) is 14.3. The Labute approximate surface area is 162 Å². The molecule has 0 atom stereocenters. The zero-order valence-corrected chi connectivity index (χ0v) is 15.9. The van der Waals surface area contributed by atoms with Crippen LogP contribution in [0.25, 0.3) is 0 Å². The molecule has 3 aromatic carbocycles. The SMILES string of the molecule is N#Cc1cc(S(N)(=O)=O)ccc1NCc1ccccc1Sc1ccccc1. The molecule has 0 amide bonds. The van der Waals surface area contributed by atoms with Crippen molar-refractivity contribution in [1.29, 1.82) is 5.26 Å². The second kappa shape index (κ2) is 8.27. The smallest absolute Gasteiger partial charge is 0.238 e. The van der Waals surface area contributed by atoms with Crippen LogP contribution in [0, 0.1) is 11.3 Å².